The second-order valence-electron chi connectivity index (χ2n) is 8.48. The van der Waals surface area contributed by atoms with Crippen LogP contribution in [-0.2, 0) is 33.6 Å². The molecule has 34 heavy (non-hydrogen) atoms. The fourth-order valence-electron chi connectivity index (χ4n) is 3.21. The van der Waals surface area contributed by atoms with Gasteiger partial charge in [-0.1, -0.05) is 20.8 Å². The van der Waals surface area contributed by atoms with Gasteiger partial charge in [0.1, 0.15) is 6.29 Å². The van der Waals surface area contributed by atoms with Crippen LogP contribution in [0.25, 0.3) is 0 Å². The van der Waals surface area contributed by atoms with Crippen molar-refractivity contribution in [3.8, 4) is 0 Å². The van der Waals surface area contributed by atoms with Crippen LogP contribution in [-0.4, -0.2) is 79.4 Å². The van der Waals surface area contributed by atoms with E-state index in [4.69, 9.17) is 0 Å². The third-order valence-electron chi connectivity index (χ3n) is 5.49. The average molecular weight is 482 g/mol. The van der Waals surface area contributed by atoms with Crippen molar-refractivity contribution in [1.29, 1.82) is 0 Å². The normalized spacial score (nSPS) is 16.2. The first kappa shape index (κ1) is 28.7. The fraction of sp³-hybridized carbons (Fsp3) is 0.682. The van der Waals surface area contributed by atoms with Gasteiger partial charge in [0.15, 0.2) is 0 Å². The minimum absolute atomic E-state index is 0.0370. The van der Waals surface area contributed by atoms with Gasteiger partial charge >= 0.3 is 0 Å². The third-order valence-corrected chi connectivity index (χ3v) is 5.49. The van der Waals surface area contributed by atoms with Gasteiger partial charge in [0.05, 0.1) is 19.6 Å². The van der Waals surface area contributed by atoms with E-state index in [0.29, 0.717) is 6.42 Å². The maximum atomic E-state index is 12.2. The summed E-state index contributed by atoms with van der Waals surface area (Å²) in [6.07, 6.45) is 1.86. The zero-order valence-electron chi connectivity index (χ0n) is 20.0. The number of rotatable bonds is 15. The molecule has 0 radical (unpaired) electrons. The zero-order chi connectivity index (χ0) is 25.7. The van der Waals surface area contributed by atoms with Crippen molar-refractivity contribution >= 4 is 41.7 Å². The van der Waals surface area contributed by atoms with Crippen LogP contribution in [0, 0.1) is 17.8 Å². The number of nitrogens with one attached hydrogen (secondary N) is 4. The molecule has 1 aliphatic rings. The molecule has 0 saturated carbocycles. The van der Waals surface area contributed by atoms with Crippen LogP contribution in [0.5, 0.6) is 0 Å². The summed E-state index contributed by atoms with van der Waals surface area (Å²) in [6.45, 7) is 4.93. The largest absolute Gasteiger partial charge is 0.354 e. The van der Waals surface area contributed by atoms with Crippen LogP contribution in [0.4, 0.5) is 0 Å². The van der Waals surface area contributed by atoms with E-state index in [9.17, 15) is 33.6 Å². The summed E-state index contributed by atoms with van der Waals surface area (Å²) in [7, 11) is 0. The van der Waals surface area contributed by atoms with Gasteiger partial charge < -0.3 is 26.1 Å². The number of imide groups is 1. The Morgan fingerprint density at radius 3 is 1.94 bits per heavy atom. The molecular weight excluding hydrogens is 446 g/mol. The van der Waals surface area contributed by atoms with Crippen molar-refractivity contribution in [2.45, 2.75) is 46.5 Å². The van der Waals surface area contributed by atoms with Crippen LogP contribution in [0.2, 0.25) is 0 Å². The second kappa shape index (κ2) is 14.8. The van der Waals surface area contributed by atoms with Gasteiger partial charge in [-0.3, -0.25) is 33.7 Å². The first-order chi connectivity index (χ1) is 16.1. The molecule has 0 aromatic rings. The minimum Gasteiger partial charge on any atom is -0.354 e. The Labute approximate surface area is 198 Å². The number of aldehydes is 1. The second-order valence-corrected chi connectivity index (χ2v) is 8.48. The smallest absolute Gasteiger partial charge is 0.239 e. The van der Waals surface area contributed by atoms with E-state index in [0.717, 1.165) is 6.29 Å². The SMILES string of the molecule is CCC(C=O)CNC(=O)CNC(=O)CNC(=O)CNC(=O)CCCN1C(=O)CC(C(C)C)C1=O. The molecule has 2 unspecified atom stereocenters. The third kappa shape index (κ3) is 10.1. The molecule has 1 fully saturated rings. The molecule has 0 bridgehead atoms. The molecule has 1 rings (SSSR count). The van der Waals surface area contributed by atoms with Crippen molar-refractivity contribution in [1.82, 2.24) is 26.2 Å². The summed E-state index contributed by atoms with van der Waals surface area (Å²) < 4.78 is 0. The highest BCUT2D eigenvalue weighted by Crippen LogP contribution is 2.26. The van der Waals surface area contributed by atoms with Gasteiger partial charge in [-0.05, 0) is 18.8 Å². The quantitative estimate of drug-likeness (QED) is 0.163. The molecule has 0 aromatic heterocycles. The Bertz CT molecular complexity index is 784. The lowest BCUT2D eigenvalue weighted by molar-refractivity contribution is -0.140. The van der Waals surface area contributed by atoms with Crippen molar-refractivity contribution in [2.75, 3.05) is 32.7 Å². The molecule has 1 heterocycles. The number of amides is 6. The maximum Gasteiger partial charge on any atom is 0.239 e. The van der Waals surface area contributed by atoms with Gasteiger partial charge in [-0.25, -0.2) is 0 Å². The van der Waals surface area contributed by atoms with Crippen LogP contribution in [0.15, 0.2) is 0 Å². The van der Waals surface area contributed by atoms with Crippen LogP contribution >= 0.6 is 0 Å². The molecular formula is C22H35N5O7. The molecule has 1 saturated heterocycles. The lowest BCUT2D eigenvalue weighted by atomic mass is 9.94. The number of hydrogen-bond donors (Lipinski definition) is 4. The molecule has 2 atom stereocenters. The highest BCUT2D eigenvalue weighted by molar-refractivity contribution is 6.03. The first-order valence-corrected chi connectivity index (χ1v) is 11.4. The average Bonchev–Trinajstić information content (AvgIpc) is 3.09. The van der Waals surface area contributed by atoms with Crippen molar-refractivity contribution in [2.24, 2.45) is 17.8 Å². The lowest BCUT2D eigenvalue weighted by Gasteiger charge is -2.16. The Kier molecular flexibility index (Phi) is 12.5. The molecule has 1 aliphatic heterocycles. The van der Waals surface area contributed by atoms with E-state index in [2.05, 4.69) is 21.3 Å². The van der Waals surface area contributed by atoms with Gasteiger partial charge in [0, 0.05) is 37.8 Å². The van der Waals surface area contributed by atoms with Crippen LogP contribution in [0.3, 0.4) is 0 Å². The maximum absolute atomic E-state index is 12.2. The molecule has 0 spiro atoms. The summed E-state index contributed by atoms with van der Waals surface area (Å²) in [4.78, 5) is 83.1. The molecule has 12 heteroatoms. The Morgan fingerprint density at radius 2 is 1.47 bits per heavy atom. The highest BCUT2D eigenvalue weighted by atomic mass is 16.2. The number of hydrogen-bond acceptors (Lipinski definition) is 7. The van der Waals surface area contributed by atoms with E-state index in [-0.39, 0.29) is 81.6 Å². The summed E-state index contributed by atoms with van der Waals surface area (Å²) in [5, 5.41) is 9.58. The molecule has 190 valence electrons. The van der Waals surface area contributed by atoms with E-state index in [1.54, 1.807) is 0 Å². The summed E-state index contributed by atoms with van der Waals surface area (Å²) in [5.41, 5.74) is 0. The number of nitrogens with zero attached hydrogens (tertiary/aromatic N) is 1. The van der Waals surface area contributed by atoms with Gasteiger partial charge in [-0.2, -0.15) is 0 Å². The summed E-state index contributed by atoms with van der Waals surface area (Å²) in [5.74, 6) is -3.01. The minimum atomic E-state index is -0.589. The number of carbonyl (C=O) groups excluding carboxylic acids is 7. The fourth-order valence-corrected chi connectivity index (χ4v) is 3.21. The molecule has 0 aliphatic carbocycles. The topological polar surface area (TPSA) is 171 Å². The van der Waals surface area contributed by atoms with Crippen molar-refractivity contribution in [3.63, 3.8) is 0 Å². The zero-order valence-corrected chi connectivity index (χ0v) is 20.0. The molecule has 6 amide bonds. The van der Waals surface area contributed by atoms with Crippen LogP contribution in [0.1, 0.15) is 46.5 Å². The predicted molar refractivity (Wildman–Crippen MR) is 121 cm³/mol. The summed E-state index contributed by atoms with van der Waals surface area (Å²) >= 11 is 0. The monoisotopic (exact) mass is 481 g/mol. The highest BCUT2D eigenvalue weighted by Gasteiger charge is 2.39. The Balaban J connectivity index is 2.17. The standard InChI is InChI=1S/C22H35N5O7/c1-4-15(13-28)9-23-18(30)11-25-20(32)12-26-19(31)10-24-17(29)6-5-7-27-21(33)8-16(14(2)3)22(27)34/h13-16H,4-12H2,1-3H3,(H,23,30)(H,24,29)(H,25,32)(H,26,31). The lowest BCUT2D eigenvalue weighted by Crippen LogP contribution is -2.44. The van der Waals surface area contributed by atoms with Gasteiger partial charge in [-0.15, -0.1) is 0 Å². The molecule has 0 aromatic carbocycles. The Morgan fingerprint density at radius 1 is 0.941 bits per heavy atom. The van der Waals surface area contributed by atoms with Gasteiger partial charge in [0.2, 0.25) is 35.4 Å². The predicted octanol–water partition coefficient (Wildman–Crippen LogP) is -1.51. The molecule has 4 N–H and O–H groups in total. The Hall–Kier alpha value is -3.31. The summed E-state index contributed by atoms with van der Waals surface area (Å²) in [6, 6.07) is 0. The van der Waals surface area contributed by atoms with Crippen LogP contribution < -0.4 is 21.3 Å². The number of likely N-dealkylation sites (tertiary alicyclic amines) is 1. The first-order valence-electron chi connectivity index (χ1n) is 11.4. The molecule has 12 nitrogen and oxygen atoms in total. The van der Waals surface area contributed by atoms with Crippen molar-refractivity contribution in [3.05, 3.63) is 0 Å². The van der Waals surface area contributed by atoms with E-state index in [1.807, 2.05) is 20.8 Å². The number of carbonyl (C=O) groups is 7. The van der Waals surface area contributed by atoms with E-state index in [1.165, 1.54) is 4.90 Å². The van der Waals surface area contributed by atoms with E-state index < -0.39 is 23.6 Å². The van der Waals surface area contributed by atoms with E-state index >= 15 is 0 Å². The van der Waals surface area contributed by atoms with Gasteiger partial charge in [0.25, 0.3) is 0 Å². The van der Waals surface area contributed by atoms with Crippen molar-refractivity contribution < 1.29 is 33.6 Å².